The fourth-order valence-corrected chi connectivity index (χ4v) is 9.49. The second kappa shape index (κ2) is 10.0. The lowest BCUT2D eigenvalue weighted by atomic mass is 9.45. The van der Waals surface area contributed by atoms with Crippen molar-refractivity contribution in [2.75, 3.05) is 19.8 Å². The number of hydrogen-bond donors (Lipinski definition) is 2. The van der Waals surface area contributed by atoms with E-state index in [4.69, 9.17) is 9.84 Å². The topological polar surface area (TPSA) is 70.0 Å². The summed E-state index contributed by atoms with van der Waals surface area (Å²) in [7, 11) is 0. The Morgan fingerprint density at radius 1 is 0.971 bits per heavy atom. The Morgan fingerprint density at radius 2 is 1.76 bits per heavy atom. The van der Waals surface area contributed by atoms with Gasteiger partial charge in [0.1, 0.15) is 6.10 Å². The molecule has 1 aliphatic heterocycles. The zero-order valence-corrected chi connectivity index (χ0v) is 21.7. The number of ether oxygens (including phenoxy) is 1. The maximum Gasteiger partial charge on any atom is 0.226 e. The summed E-state index contributed by atoms with van der Waals surface area (Å²) in [5, 5.41) is 18.8. The van der Waals surface area contributed by atoms with E-state index < -0.39 is 6.10 Å². The van der Waals surface area contributed by atoms with E-state index in [9.17, 15) is 9.90 Å². The Hall–Kier alpha value is -0.650. The second-order valence-corrected chi connectivity index (χ2v) is 13.1. The second-order valence-electron chi connectivity index (χ2n) is 13.1. The van der Waals surface area contributed by atoms with E-state index in [2.05, 4.69) is 18.7 Å². The zero-order chi connectivity index (χ0) is 23.9. The van der Waals surface area contributed by atoms with Crippen molar-refractivity contribution in [1.82, 2.24) is 4.90 Å². The highest BCUT2D eigenvalue weighted by Gasteiger charge is 2.59. The smallest absolute Gasteiger partial charge is 0.226 e. The predicted octanol–water partition coefficient (Wildman–Crippen LogP) is 4.93. The van der Waals surface area contributed by atoms with Gasteiger partial charge in [0.05, 0.1) is 19.3 Å². The monoisotopic (exact) mass is 475 g/mol. The minimum atomic E-state index is -0.759. The van der Waals surface area contributed by atoms with Crippen molar-refractivity contribution in [2.24, 2.45) is 35.0 Å². The van der Waals surface area contributed by atoms with Crippen molar-refractivity contribution in [3.8, 4) is 0 Å². The molecule has 8 atom stereocenters. The van der Waals surface area contributed by atoms with Crippen LogP contribution in [0.3, 0.4) is 0 Å². The minimum Gasteiger partial charge on any atom is -0.394 e. The lowest BCUT2D eigenvalue weighted by Gasteiger charge is -2.64. The molecule has 5 aliphatic rings. The van der Waals surface area contributed by atoms with Crippen LogP contribution in [0.5, 0.6) is 0 Å². The maximum atomic E-state index is 13.7. The van der Waals surface area contributed by atoms with Gasteiger partial charge in [0.2, 0.25) is 5.91 Å². The van der Waals surface area contributed by atoms with Crippen LogP contribution in [0.2, 0.25) is 0 Å². The number of aliphatic hydroxyl groups is 2. The first-order valence-electron chi connectivity index (χ1n) is 14.6. The predicted molar refractivity (Wildman–Crippen MR) is 133 cm³/mol. The average Bonchev–Trinajstić information content (AvgIpc) is 2.86. The summed E-state index contributed by atoms with van der Waals surface area (Å²) >= 11 is 0. The van der Waals surface area contributed by atoms with Crippen molar-refractivity contribution >= 4 is 5.91 Å². The fraction of sp³-hybridized carbons (Fsp3) is 0.966. The molecule has 4 unspecified atom stereocenters. The van der Waals surface area contributed by atoms with Crippen molar-refractivity contribution in [3.05, 3.63) is 0 Å². The van der Waals surface area contributed by atoms with Gasteiger partial charge in [-0.2, -0.15) is 0 Å². The van der Waals surface area contributed by atoms with Crippen LogP contribution in [0.4, 0.5) is 0 Å². The van der Waals surface area contributed by atoms with Crippen LogP contribution in [0.15, 0.2) is 0 Å². The normalized spacial score (nSPS) is 44.0. The van der Waals surface area contributed by atoms with Gasteiger partial charge in [0, 0.05) is 18.0 Å². The molecule has 0 bridgehead atoms. The highest BCUT2D eigenvalue weighted by atomic mass is 16.5. The molecule has 0 spiro atoms. The first-order valence-corrected chi connectivity index (χ1v) is 14.6. The molecule has 5 rings (SSSR count). The van der Waals surface area contributed by atoms with Crippen LogP contribution in [0.25, 0.3) is 0 Å². The molecule has 194 valence electrons. The molecule has 4 saturated carbocycles. The molecular weight excluding hydrogens is 426 g/mol. The van der Waals surface area contributed by atoms with Crippen LogP contribution >= 0.6 is 0 Å². The summed E-state index contributed by atoms with van der Waals surface area (Å²) in [6, 6.07) is 0. The third-order valence-corrected chi connectivity index (χ3v) is 11.4. The Kier molecular flexibility index (Phi) is 7.37. The van der Waals surface area contributed by atoms with E-state index in [-0.39, 0.29) is 30.8 Å². The Balaban J connectivity index is 1.28. The quantitative estimate of drug-likeness (QED) is 0.592. The maximum absolute atomic E-state index is 13.7. The van der Waals surface area contributed by atoms with Gasteiger partial charge in [-0.15, -0.1) is 0 Å². The molecular formula is C29H49NO4. The van der Waals surface area contributed by atoms with E-state index in [1.165, 1.54) is 64.2 Å². The Morgan fingerprint density at radius 3 is 2.53 bits per heavy atom. The highest BCUT2D eigenvalue weighted by molar-refractivity contribution is 5.80. The summed E-state index contributed by atoms with van der Waals surface area (Å²) in [6.07, 6.45) is 16.4. The van der Waals surface area contributed by atoms with Crippen LogP contribution in [0, 0.1) is 35.0 Å². The van der Waals surface area contributed by atoms with Crippen LogP contribution in [-0.4, -0.2) is 58.5 Å². The Bertz CT molecular complexity index is 723. The van der Waals surface area contributed by atoms with Gasteiger partial charge in [-0.25, -0.2) is 0 Å². The number of likely N-dealkylation sites (tertiary alicyclic amines) is 1. The lowest BCUT2D eigenvalue weighted by molar-refractivity contribution is -0.173. The molecule has 5 nitrogen and oxygen atoms in total. The molecule has 5 heteroatoms. The summed E-state index contributed by atoms with van der Waals surface area (Å²) in [6.45, 7) is 6.04. The number of piperidine rings is 1. The van der Waals surface area contributed by atoms with E-state index in [0.29, 0.717) is 23.2 Å². The molecule has 2 N–H and O–H groups in total. The highest BCUT2D eigenvalue weighted by Crippen LogP contribution is 2.63. The lowest BCUT2D eigenvalue weighted by Crippen LogP contribution is -2.65. The number of hydrogen-bond acceptors (Lipinski definition) is 4. The van der Waals surface area contributed by atoms with Crippen LogP contribution in [0.1, 0.15) is 104 Å². The molecule has 4 aliphatic carbocycles. The van der Waals surface area contributed by atoms with Gasteiger partial charge in [-0.05, 0) is 107 Å². The number of fused-ring (bicyclic) bond motifs is 5. The van der Waals surface area contributed by atoms with Gasteiger partial charge < -0.3 is 19.8 Å². The van der Waals surface area contributed by atoms with Gasteiger partial charge in [-0.3, -0.25) is 4.79 Å². The number of aliphatic hydroxyl groups excluding tert-OH is 2. The van der Waals surface area contributed by atoms with Crippen molar-refractivity contribution in [2.45, 2.75) is 121 Å². The van der Waals surface area contributed by atoms with Gasteiger partial charge >= 0.3 is 0 Å². The summed E-state index contributed by atoms with van der Waals surface area (Å²) in [5.74, 6) is 3.68. The van der Waals surface area contributed by atoms with E-state index in [1.54, 1.807) is 0 Å². The summed E-state index contributed by atoms with van der Waals surface area (Å²) < 4.78 is 6.01. The standard InChI is InChI=1S/C29H49NO4/c1-28-14-12-23(34-19-22(32)18-31)17-21(28)10-11-24-25(28)13-15-29(2)26(24)9-6-16-30(29)27(33)20-7-4-3-5-8-20/h20-26,31-32H,3-19H2,1-2H3/t21?,22-,23-,24+,25?,26-,28?,29?/m0/s1. The number of rotatable bonds is 5. The molecule has 34 heavy (non-hydrogen) atoms. The van der Waals surface area contributed by atoms with Gasteiger partial charge in [-0.1, -0.05) is 26.2 Å². The largest absolute Gasteiger partial charge is 0.394 e. The molecule has 0 radical (unpaired) electrons. The van der Waals surface area contributed by atoms with Gasteiger partial charge in [0.25, 0.3) is 0 Å². The third-order valence-electron chi connectivity index (χ3n) is 11.4. The SMILES string of the molecule is CC12CC[C@H](OC[C@@H](O)CO)CC1CC[C@@H]1C2CCC2(C)[C@H]1CCCN2C(=O)C1CCCCC1. The third kappa shape index (κ3) is 4.36. The first-order chi connectivity index (χ1) is 16.4. The molecule has 0 aromatic carbocycles. The number of carbonyl (C=O) groups excluding carboxylic acids is 1. The number of amides is 1. The molecule has 1 amide bonds. The fourth-order valence-electron chi connectivity index (χ4n) is 9.49. The minimum absolute atomic E-state index is 0.0674. The number of carbonyl (C=O) groups is 1. The van der Waals surface area contributed by atoms with E-state index >= 15 is 0 Å². The molecule has 0 aromatic rings. The molecule has 1 saturated heterocycles. The number of nitrogens with zero attached hydrogens (tertiary/aromatic N) is 1. The van der Waals surface area contributed by atoms with Gasteiger partial charge in [0.15, 0.2) is 0 Å². The average molecular weight is 476 g/mol. The van der Waals surface area contributed by atoms with E-state index in [1.807, 2.05) is 0 Å². The zero-order valence-electron chi connectivity index (χ0n) is 21.7. The summed E-state index contributed by atoms with van der Waals surface area (Å²) in [5.41, 5.74) is 0.452. The van der Waals surface area contributed by atoms with Crippen molar-refractivity contribution < 1.29 is 19.7 Å². The van der Waals surface area contributed by atoms with Crippen molar-refractivity contribution in [1.29, 1.82) is 0 Å². The van der Waals surface area contributed by atoms with Crippen LogP contribution < -0.4 is 0 Å². The van der Waals surface area contributed by atoms with E-state index in [0.717, 1.165) is 44.1 Å². The van der Waals surface area contributed by atoms with Crippen molar-refractivity contribution in [3.63, 3.8) is 0 Å². The summed E-state index contributed by atoms with van der Waals surface area (Å²) in [4.78, 5) is 16.1. The Labute approximate surface area is 207 Å². The molecule has 0 aromatic heterocycles. The molecule has 5 fully saturated rings. The first kappa shape index (κ1) is 25.0. The molecule has 1 heterocycles. The van der Waals surface area contributed by atoms with Crippen LogP contribution in [-0.2, 0) is 9.53 Å².